The van der Waals surface area contributed by atoms with E-state index in [-0.39, 0.29) is 87.6 Å². The van der Waals surface area contributed by atoms with Gasteiger partial charge < -0.3 is 78.0 Å². The second-order valence-electron chi connectivity index (χ2n) is 22.1. The average Bonchev–Trinajstić information content (AvgIpc) is 4.02. The van der Waals surface area contributed by atoms with Gasteiger partial charge in [-0.15, -0.1) is 10.1 Å². The van der Waals surface area contributed by atoms with Crippen molar-refractivity contribution >= 4 is 11.9 Å². The zero-order valence-electron chi connectivity index (χ0n) is 46.3. The first-order valence-electron chi connectivity index (χ1n) is 25.6. The molecular weight excluding hydrogens is 962 g/mol. The molecule has 0 aromatic rings. The van der Waals surface area contributed by atoms with Crippen LogP contribution >= 0.6 is 0 Å². The van der Waals surface area contributed by atoms with E-state index in [1.54, 1.807) is 55.5 Å². The molecule has 5 aliphatic rings. The van der Waals surface area contributed by atoms with Crippen LogP contribution in [0.5, 0.6) is 0 Å². The number of aliphatic hydroxyl groups excluding tert-OH is 1. The van der Waals surface area contributed by atoms with Crippen molar-refractivity contribution in [1.29, 1.82) is 0 Å². The summed E-state index contributed by atoms with van der Waals surface area (Å²) in [5.41, 5.74) is -4.82. The molecule has 71 heavy (non-hydrogen) atoms. The molecule has 0 spiro atoms. The number of rotatable bonds is 12. The third-order valence-corrected chi connectivity index (χ3v) is 15.8. The molecule has 3 saturated heterocycles. The van der Waals surface area contributed by atoms with Crippen LogP contribution in [0.3, 0.4) is 0 Å². The Morgan fingerprint density at radius 2 is 1.48 bits per heavy atom. The predicted molar refractivity (Wildman–Crippen MR) is 266 cm³/mol. The Labute approximate surface area is 438 Å². The van der Waals surface area contributed by atoms with E-state index in [4.69, 9.17) is 38.0 Å². The third kappa shape index (κ3) is 17.9. The topological polar surface area (TPSA) is 218 Å². The van der Waals surface area contributed by atoms with Crippen LogP contribution in [-0.2, 0) is 64.7 Å². The fourth-order valence-corrected chi connectivity index (χ4v) is 11.7. The number of methoxy groups -OCH3 is 1. The van der Waals surface area contributed by atoms with Crippen molar-refractivity contribution in [3.63, 3.8) is 0 Å². The number of hydrogen-bond donors (Lipinski definition) is 3. The van der Waals surface area contributed by atoms with E-state index >= 15 is 0 Å². The van der Waals surface area contributed by atoms with Gasteiger partial charge >= 0.3 is 29.0 Å². The van der Waals surface area contributed by atoms with Crippen LogP contribution in [0.1, 0.15) is 159 Å². The van der Waals surface area contributed by atoms with E-state index in [0.717, 1.165) is 25.7 Å². The molecule has 2 saturated carbocycles. The van der Waals surface area contributed by atoms with Crippen molar-refractivity contribution in [2.24, 2.45) is 23.7 Å². The van der Waals surface area contributed by atoms with Gasteiger partial charge in [0.15, 0.2) is 24.8 Å². The number of carbonyl (C=O) groups is 2. The Bertz CT molecular complexity index is 1580. The van der Waals surface area contributed by atoms with Gasteiger partial charge in [0.1, 0.15) is 17.8 Å². The van der Waals surface area contributed by atoms with E-state index in [9.17, 15) is 35.0 Å². The number of nitrogens with zero attached hydrogens (tertiary/aromatic N) is 3. The van der Waals surface area contributed by atoms with Crippen molar-refractivity contribution < 1.29 is 85.1 Å². The number of ether oxygens (including phenoxy) is 7. The van der Waals surface area contributed by atoms with Crippen molar-refractivity contribution in [1.82, 2.24) is 9.80 Å². The summed E-state index contributed by atoms with van der Waals surface area (Å²) in [6.45, 7) is 17.4. The van der Waals surface area contributed by atoms with E-state index in [2.05, 4.69) is 0 Å². The molecule has 1 unspecified atom stereocenters. The first-order valence-corrected chi connectivity index (χ1v) is 25.6. The molecule has 2 aliphatic carbocycles. The fourth-order valence-electron chi connectivity index (χ4n) is 11.7. The summed E-state index contributed by atoms with van der Waals surface area (Å²) < 4.78 is 44.8. The maximum absolute atomic E-state index is 14.6. The normalized spacial score (nSPS) is 41.0. The van der Waals surface area contributed by atoms with Crippen LogP contribution in [0.15, 0.2) is 0 Å². The Balaban J connectivity index is 0.00000296. The second-order valence-corrected chi connectivity index (χ2v) is 22.1. The molecule has 0 aromatic carbocycles. The minimum atomic E-state index is -2.05. The van der Waals surface area contributed by atoms with Crippen LogP contribution in [0.4, 0.5) is 0 Å². The summed E-state index contributed by atoms with van der Waals surface area (Å²) in [5, 5.41) is 47.0. The number of hydrogen-bond acceptors (Lipinski definition) is 17. The number of aliphatic hydroxyl groups is 3. The van der Waals surface area contributed by atoms with Crippen molar-refractivity contribution in [2.45, 2.75) is 249 Å². The van der Waals surface area contributed by atoms with Crippen LogP contribution < -0.4 is 0 Å². The number of likely N-dealkylation sites (N-methyl/N-ethyl adjacent to an activating group) is 2. The van der Waals surface area contributed by atoms with Crippen LogP contribution in [0.25, 0.3) is 0 Å². The molecule has 0 amide bonds. The molecule has 3 N–H and O–H groups in total. The standard InChI is InChI=1S/C45H81N3O15.C5H10.2CH3.Fe/c1-15-33-45(10,53)40(63-48(54)55)29(6)47(13)24-25(2)22-43(8,52)39(27(4)36(28(5)41(51)59-33)61-35-23-44(9,56-14)38(50)30(7)58-35)62-42-37(32(46(11)12)20-26(3)57-42)60-34(49)21-31-18-16-17-19-31;1-2-4-5-3-1;;;/h25-33,35-40,42,50,52-53H,15-24H2,1-14H3;1-5H2;2*1H3;/q;;2*-1;+2/t25-,26-,27+,28-,29-,30+,32?,33-,35+,36+,37-,38+,39-,40-,42+,43-,44-,45-;;;;/m1..../s1. The number of carbonyl (C=O) groups excluding carboxylic acids is 2. The molecule has 3 heterocycles. The maximum atomic E-state index is 14.6. The van der Waals surface area contributed by atoms with Gasteiger partial charge in [0, 0.05) is 38.5 Å². The molecule has 0 bridgehead atoms. The van der Waals surface area contributed by atoms with Crippen LogP contribution in [0, 0.1) is 48.6 Å². The zero-order chi connectivity index (χ0) is 50.9. The summed E-state index contributed by atoms with van der Waals surface area (Å²) in [4.78, 5) is 49.1. The van der Waals surface area contributed by atoms with Crippen molar-refractivity contribution in [3.8, 4) is 0 Å². The summed E-state index contributed by atoms with van der Waals surface area (Å²) in [7, 11) is 7.06. The molecule has 3 aliphatic heterocycles. The summed E-state index contributed by atoms with van der Waals surface area (Å²) >= 11 is 0. The molecule has 5 fully saturated rings. The molecule has 19 heteroatoms. The van der Waals surface area contributed by atoms with Crippen molar-refractivity contribution in [2.75, 3.05) is 34.8 Å². The van der Waals surface area contributed by atoms with Gasteiger partial charge in [0.05, 0.1) is 47.6 Å². The Morgan fingerprint density at radius 1 is 0.901 bits per heavy atom. The number of cyclic esters (lactones) is 1. The van der Waals surface area contributed by atoms with Crippen molar-refractivity contribution in [3.05, 3.63) is 25.0 Å². The van der Waals surface area contributed by atoms with E-state index in [1.165, 1.54) is 46.1 Å². The first-order chi connectivity index (χ1) is 31.8. The summed E-state index contributed by atoms with van der Waals surface area (Å²) in [6.07, 6.45) is 2.57. The maximum Gasteiger partial charge on any atom is 2.00 e. The largest absolute Gasteiger partial charge is 2.00 e. The van der Waals surface area contributed by atoms with Gasteiger partial charge in [-0.05, 0) is 114 Å². The van der Waals surface area contributed by atoms with Gasteiger partial charge in [-0.1, -0.05) is 65.7 Å². The molecule has 418 valence electrons. The van der Waals surface area contributed by atoms with Gasteiger partial charge in [-0.25, -0.2) is 0 Å². The monoisotopic (exact) mass is 1060 g/mol. The van der Waals surface area contributed by atoms with E-state index in [0.29, 0.717) is 13.0 Å². The molecule has 0 radical (unpaired) electrons. The van der Waals surface area contributed by atoms with Gasteiger partial charge in [0.25, 0.3) is 5.09 Å². The molecule has 18 atom stereocenters. The van der Waals surface area contributed by atoms with Gasteiger partial charge in [-0.3, -0.25) is 9.59 Å². The van der Waals surface area contributed by atoms with Crippen LogP contribution in [-0.4, -0.2) is 167 Å². The number of esters is 2. The van der Waals surface area contributed by atoms with E-state index < -0.39 is 101 Å². The SMILES string of the molecule is C1CCCC1.CC[C@H]1OC(=O)[C@H](C)[C@@H](O[C@H]2C[C@@](C)(OC)[C@@H](O)[C@H](C)O2)[C@H](C)[C@@H](O[C@@H]2O[C@H](C)CC(N(C)C)[C@H]2OC(=O)CC2CCCC2)[C@](C)(O)C[C@@H](C)CN(C)[C@H](C)[C@@H](O[N+](=O)[O-])[C@]1(C)O.[CH3-].[CH3-].[Fe+2]. The summed E-state index contributed by atoms with van der Waals surface area (Å²) in [5.74, 6) is -3.18. The molecule has 5 rings (SSSR count). The molecule has 18 nitrogen and oxygen atoms in total. The van der Waals surface area contributed by atoms with Crippen LogP contribution in [0.2, 0.25) is 0 Å². The molecule has 0 aromatic heterocycles. The smallest absolute Gasteiger partial charge is 0.459 e. The Kier molecular flexibility index (Phi) is 28.0. The second kappa shape index (κ2) is 29.5. The Morgan fingerprint density at radius 3 is 2.00 bits per heavy atom. The third-order valence-electron chi connectivity index (χ3n) is 15.8. The fraction of sp³-hybridized carbons (Fsp3) is 0.923. The molecular formula is C52H97FeN3O15. The summed E-state index contributed by atoms with van der Waals surface area (Å²) in [6, 6.07) is -1.07. The quantitative estimate of drug-likeness (QED) is 0.0584. The zero-order valence-corrected chi connectivity index (χ0v) is 47.4. The van der Waals surface area contributed by atoms with Gasteiger partial charge in [0.2, 0.25) is 0 Å². The van der Waals surface area contributed by atoms with Gasteiger partial charge in [-0.2, -0.15) is 0 Å². The van der Waals surface area contributed by atoms with E-state index in [1.807, 2.05) is 37.7 Å². The minimum absolute atomic E-state index is 0. The predicted octanol–water partition coefficient (Wildman–Crippen LogP) is 7.10. The first kappa shape index (κ1) is 67.3. The Hall–Kier alpha value is -1.74. The minimum Gasteiger partial charge on any atom is -0.459 e. The average molecular weight is 1060 g/mol.